The van der Waals surface area contributed by atoms with Crippen LogP contribution < -0.4 is 0 Å². The van der Waals surface area contributed by atoms with E-state index in [1.54, 1.807) is 24.1 Å². The van der Waals surface area contributed by atoms with Gasteiger partial charge in [0.2, 0.25) is 5.91 Å². The van der Waals surface area contributed by atoms with E-state index in [2.05, 4.69) is 9.97 Å². The third kappa shape index (κ3) is 4.54. The van der Waals surface area contributed by atoms with Crippen molar-refractivity contribution in [2.75, 3.05) is 7.05 Å². The van der Waals surface area contributed by atoms with Crippen LogP contribution in [0.4, 0.5) is 4.39 Å². The lowest BCUT2D eigenvalue weighted by Crippen LogP contribution is -2.33. The monoisotopic (exact) mass is 347 g/mol. The van der Waals surface area contributed by atoms with Gasteiger partial charge >= 0.3 is 0 Å². The van der Waals surface area contributed by atoms with Gasteiger partial charge in [0.1, 0.15) is 5.82 Å². The first-order valence-electron chi connectivity index (χ1n) is 7.76. The molecule has 2 aromatic rings. The van der Waals surface area contributed by atoms with Gasteiger partial charge in [0.05, 0.1) is 5.25 Å². The van der Waals surface area contributed by atoms with Crippen molar-refractivity contribution in [2.24, 2.45) is 0 Å². The molecule has 0 radical (unpaired) electrons. The molecule has 6 heteroatoms. The zero-order valence-corrected chi connectivity index (χ0v) is 15.4. The highest BCUT2D eigenvalue weighted by atomic mass is 32.2. The first-order chi connectivity index (χ1) is 11.3. The Morgan fingerprint density at radius 2 is 1.88 bits per heavy atom. The molecular weight excluding hydrogens is 325 g/mol. The lowest BCUT2D eigenvalue weighted by atomic mass is 10.2. The predicted octanol–water partition coefficient (Wildman–Crippen LogP) is 3.68. The third-order valence-corrected chi connectivity index (χ3v) is 4.88. The number of amides is 1. The van der Waals surface area contributed by atoms with Gasteiger partial charge in [-0.2, -0.15) is 0 Å². The summed E-state index contributed by atoms with van der Waals surface area (Å²) in [5, 5.41) is 0.292. The van der Waals surface area contributed by atoms with Crippen molar-refractivity contribution in [3.05, 3.63) is 52.6 Å². The molecule has 0 saturated heterocycles. The second-order valence-electron chi connectivity index (χ2n) is 5.89. The van der Waals surface area contributed by atoms with Crippen LogP contribution in [0.5, 0.6) is 0 Å². The molecular formula is C18H22FN3OS. The van der Waals surface area contributed by atoms with Crippen LogP contribution in [0, 0.1) is 26.6 Å². The molecule has 2 rings (SSSR count). The molecule has 0 saturated carbocycles. The zero-order valence-electron chi connectivity index (χ0n) is 14.6. The maximum atomic E-state index is 13.2. The summed E-state index contributed by atoms with van der Waals surface area (Å²) in [6.07, 6.45) is 0. The van der Waals surface area contributed by atoms with Crippen LogP contribution >= 0.6 is 11.8 Å². The van der Waals surface area contributed by atoms with E-state index < -0.39 is 0 Å². The smallest absolute Gasteiger partial charge is 0.235 e. The van der Waals surface area contributed by atoms with Crippen LogP contribution in [-0.4, -0.2) is 33.1 Å². The van der Waals surface area contributed by atoms with E-state index in [9.17, 15) is 9.18 Å². The second kappa shape index (κ2) is 7.75. The van der Waals surface area contributed by atoms with Crippen LogP contribution in [0.2, 0.25) is 0 Å². The summed E-state index contributed by atoms with van der Waals surface area (Å²) in [4.78, 5) is 23.0. The Morgan fingerprint density at radius 1 is 1.25 bits per heavy atom. The van der Waals surface area contributed by atoms with Crippen molar-refractivity contribution < 1.29 is 9.18 Å². The van der Waals surface area contributed by atoms with Crippen molar-refractivity contribution in [3.8, 4) is 0 Å². The minimum absolute atomic E-state index is 0.0382. The maximum Gasteiger partial charge on any atom is 0.235 e. The first-order valence-corrected chi connectivity index (χ1v) is 8.64. The van der Waals surface area contributed by atoms with Gasteiger partial charge in [0, 0.05) is 25.0 Å². The minimum Gasteiger partial charge on any atom is -0.340 e. The molecule has 24 heavy (non-hydrogen) atoms. The van der Waals surface area contributed by atoms with Gasteiger partial charge in [-0.15, -0.1) is 0 Å². The Hall–Kier alpha value is -1.95. The highest BCUT2D eigenvalue weighted by Crippen LogP contribution is 2.23. The Kier molecular flexibility index (Phi) is 5.94. The fraction of sp³-hybridized carbons (Fsp3) is 0.389. The fourth-order valence-corrected chi connectivity index (χ4v) is 3.28. The summed E-state index contributed by atoms with van der Waals surface area (Å²) in [7, 11) is 1.72. The summed E-state index contributed by atoms with van der Waals surface area (Å²) in [6, 6.07) is 6.29. The zero-order chi connectivity index (χ0) is 17.9. The van der Waals surface area contributed by atoms with Crippen LogP contribution in [-0.2, 0) is 11.3 Å². The molecule has 128 valence electrons. The van der Waals surface area contributed by atoms with E-state index in [1.165, 1.54) is 23.9 Å². The van der Waals surface area contributed by atoms with Gasteiger partial charge in [-0.05, 0) is 51.0 Å². The fourth-order valence-electron chi connectivity index (χ4n) is 2.30. The van der Waals surface area contributed by atoms with E-state index in [1.807, 2.05) is 27.7 Å². The van der Waals surface area contributed by atoms with Crippen molar-refractivity contribution in [1.82, 2.24) is 14.9 Å². The predicted molar refractivity (Wildman–Crippen MR) is 94.4 cm³/mol. The summed E-state index contributed by atoms with van der Waals surface area (Å²) in [6.45, 7) is 8.07. The Balaban J connectivity index is 2.03. The molecule has 1 heterocycles. The second-order valence-corrected chi connectivity index (χ2v) is 7.19. The van der Waals surface area contributed by atoms with Crippen LogP contribution in [0.15, 0.2) is 29.4 Å². The maximum absolute atomic E-state index is 13.2. The van der Waals surface area contributed by atoms with Crippen LogP contribution in [0.1, 0.15) is 29.4 Å². The van der Waals surface area contributed by atoms with E-state index in [0.29, 0.717) is 11.7 Å². The average Bonchev–Trinajstić information content (AvgIpc) is 2.51. The number of thioether (sulfide) groups is 1. The van der Waals surface area contributed by atoms with Crippen molar-refractivity contribution in [3.63, 3.8) is 0 Å². The normalized spacial score (nSPS) is 12.1. The topological polar surface area (TPSA) is 46.1 Å². The standard InChI is InChI=1S/C18H22FN3OS/c1-11-12(2)20-18(21-13(11)3)24-14(4)17(23)22(5)10-15-7-6-8-16(19)9-15/h6-9,14H,10H2,1-5H3/t14-/m1/s1. The molecule has 1 amide bonds. The van der Waals surface area contributed by atoms with Gasteiger partial charge in [-0.25, -0.2) is 14.4 Å². The van der Waals surface area contributed by atoms with Gasteiger partial charge in [-0.1, -0.05) is 23.9 Å². The molecule has 1 aromatic heterocycles. The van der Waals surface area contributed by atoms with Crippen molar-refractivity contribution in [1.29, 1.82) is 0 Å². The highest BCUT2D eigenvalue weighted by molar-refractivity contribution is 8.00. The number of carbonyl (C=O) groups excluding carboxylic acids is 1. The molecule has 0 fully saturated rings. The summed E-state index contributed by atoms with van der Waals surface area (Å²) in [5.74, 6) is -0.335. The number of carbonyl (C=O) groups is 1. The SMILES string of the molecule is Cc1nc(S[C@H](C)C(=O)N(C)Cc2cccc(F)c2)nc(C)c1C. The molecule has 0 bridgehead atoms. The number of hydrogen-bond donors (Lipinski definition) is 0. The van der Waals surface area contributed by atoms with Gasteiger partial charge < -0.3 is 4.90 Å². The molecule has 0 aliphatic carbocycles. The Labute approximate surface area is 146 Å². The van der Waals surface area contributed by atoms with E-state index in [4.69, 9.17) is 0 Å². The van der Waals surface area contributed by atoms with Crippen molar-refractivity contribution >= 4 is 17.7 Å². The molecule has 0 unspecified atom stereocenters. The summed E-state index contributed by atoms with van der Waals surface area (Å²) in [5.41, 5.74) is 3.69. The number of hydrogen-bond acceptors (Lipinski definition) is 4. The molecule has 0 aliphatic heterocycles. The number of halogens is 1. The molecule has 0 aliphatic rings. The molecule has 4 nitrogen and oxygen atoms in total. The van der Waals surface area contributed by atoms with E-state index >= 15 is 0 Å². The number of benzene rings is 1. The molecule has 0 N–H and O–H groups in total. The highest BCUT2D eigenvalue weighted by Gasteiger charge is 2.20. The molecule has 1 atom stereocenters. The van der Waals surface area contributed by atoms with Gasteiger partial charge in [0.25, 0.3) is 0 Å². The minimum atomic E-state index is -0.315. The molecule has 0 spiro atoms. The lowest BCUT2D eigenvalue weighted by molar-refractivity contribution is -0.129. The number of aryl methyl sites for hydroxylation is 2. The number of nitrogens with zero attached hydrogens (tertiary/aromatic N) is 3. The van der Waals surface area contributed by atoms with Crippen LogP contribution in [0.3, 0.4) is 0 Å². The van der Waals surface area contributed by atoms with E-state index in [0.717, 1.165) is 22.5 Å². The first kappa shape index (κ1) is 18.4. The summed E-state index contributed by atoms with van der Waals surface area (Å²) < 4.78 is 13.2. The van der Waals surface area contributed by atoms with Gasteiger partial charge in [-0.3, -0.25) is 4.79 Å². The Bertz CT molecular complexity index is 728. The quantitative estimate of drug-likeness (QED) is 0.611. The third-order valence-electron chi connectivity index (χ3n) is 3.93. The van der Waals surface area contributed by atoms with Crippen molar-refractivity contribution in [2.45, 2.75) is 44.6 Å². The lowest BCUT2D eigenvalue weighted by Gasteiger charge is -2.21. The average molecular weight is 347 g/mol. The number of rotatable bonds is 5. The summed E-state index contributed by atoms with van der Waals surface area (Å²) >= 11 is 1.34. The van der Waals surface area contributed by atoms with Gasteiger partial charge in [0.15, 0.2) is 5.16 Å². The van der Waals surface area contributed by atoms with E-state index in [-0.39, 0.29) is 17.0 Å². The molecule has 1 aromatic carbocycles. The number of aromatic nitrogens is 2. The van der Waals surface area contributed by atoms with Crippen LogP contribution in [0.25, 0.3) is 0 Å². The Morgan fingerprint density at radius 3 is 2.46 bits per heavy atom. The largest absolute Gasteiger partial charge is 0.340 e.